The van der Waals surface area contributed by atoms with Crippen molar-refractivity contribution in [3.05, 3.63) is 79.1 Å². The number of hydrogen-bond donors (Lipinski definition) is 2. The molecule has 4 aromatic rings. The van der Waals surface area contributed by atoms with Gasteiger partial charge in [-0.25, -0.2) is 9.97 Å². The molecule has 2 N–H and O–H groups in total. The third-order valence-corrected chi connectivity index (χ3v) is 4.14. The van der Waals surface area contributed by atoms with E-state index in [0.717, 1.165) is 39.2 Å². The molecule has 2 aromatic carbocycles. The molecule has 2 heterocycles. The van der Waals surface area contributed by atoms with Gasteiger partial charge in [0.15, 0.2) is 0 Å². The number of hydrogen-bond acceptors (Lipinski definition) is 4. The van der Waals surface area contributed by atoms with Crippen molar-refractivity contribution in [1.82, 2.24) is 9.97 Å². The highest BCUT2D eigenvalue weighted by atomic mass is 15.0. The van der Waals surface area contributed by atoms with Crippen molar-refractivity contribution in [2.75, 3.05) is 17.7 Å². The average Bonchev–Trinajstić information content (AvgIpc) is 2.68. The first kappa shape index (κ1) is 15.1. The fraction of sp³-hybridized carbons (Fsp3) is 0.0476. The predicted molar refractivity (Wildman–Crippen MR) is 104 cm³/mol. The molecule has 25 heavy (non-hydrogen) atoms. The summed E-state index contributed by atoms with van der Waals surface area (Å²) >= 11 is 0. The van der Waals surface area contributed by atoms with Gasteiger partial charge in [-0.05, 0) is 29.1 Å². The van der Waals surface area contributed by atoms with E-state index in [1.807, 2.05) is 68.0 Å². The van der Waals surface area contributed by atoms with Crippen LogP contribution in [0.15, 0.2) is 79.1 Å². The molecule has 0 bridgehead atoms. The van der Waals surface area contributed by atoms with Gasteiger partial charge < -0.3 is 10.6 Å². The molecule has 0 unspecified atom stereocenters. The van der Waals surface area contributed by atoms with Crippen molar-refractivity contribution in [3.8, 4) is 11.1 Å². The minimum Gasteiger partial charge on any atom is -0.373 e. The van der Waals surface area contributed by atoms with E-state index in [0.29, 0.717) is 0 Å². The van der Waals surface area contributed by atoms with Crippen LogP contribution >= 0.6 is 0 Å². The van der Waals surface area contributed by atoms with Crippen LogP contribution in [0.5, 0.6) is 0 Å². The zero-order chi connectivity index (χ0) is 17.1. The van der Waals surface area contributed by atoms with Crippen LogP contribution in [0.4, 0.5) is 17.3 Å². The zero-order valence-corrected chi connectivity index (χ0v) is 13.9. The van der Waals surface area contributed by atoms with Crippen LogP contribution in [-0.2, 0) is 0 Å². The third-order valence-electron chi connectivity index (χ3n) is 4.14. The number of pyridine rings is 2. The van der Waals surface area contributed by atoms with Gasteiger partial charge >= 0.3 is 0 Å². The van der Waals surface area contributed by atoms with Crippen LogP contribution in [0.3, 0.4) is 0 Å². The molecule has 122 valence electrons. The fourth-order valence-electron chi connectivity index (χ4n) is 2.92. The maximum absolute atomic E-state index is 4.55. The summed E-state index contributed by atoms with van der Waals surface area (Å²) < 4.78 is 0. The molecular formula is C21H18N4. The van der Waals surface area contributed by atoms with Crippen molar-refractivity contribution < 1.29 is 0 Å². The number of fused-ring (bicyclic) bond motifs is 1. The smallest absolute Gasteiger partial charge is 0.135 e. The van der Waals surface area contributed by atoms with Crippen LogP contribution in [0, 0.1) is 0 Å². The molecule has 0 spiro atoms. The quantitative estimate of drug-likeness (QED) is 0.549. The second-order valence-electron chi connectivity index (χ2n) is 5.74. The summed E-state index contributed by atoms with van der Waals surface area (Å²) in [5.41, 5.74) is 3.24. The molecule has 0 radical (unpaired) electrons. The molecule has 4 nitrogen and oxygen atoms in total. The van der Waals surface area contributed by atoms with Gasteiger partial charge in [-0.15, -0.1) is 0 Å². The van der Waals surface area contributed by atoms with Crippen molar-refractivity contribution in [1.29, 1.82) is 0 Å². The Labute approximate surface area is 146 Å². The van der Waals surface area contributed by atoms with E-state index >= 15 is 0 Å². The number of benzene rings is 2. The molecule has 0 fully saturated rings. The molecule has 0 saturated carbocycles. The Kier molecular flexibility index (Phi) is 4.01. The molecular weight excluding hydrogens is 308 g/mol. The summed E-state index contributed by atoms with van der Waals surface area (Å²) in [7, 11) is 1.88. The Morgan fingerprint density at radius 1 is 0.760 bits per heavy atom. The van der Waals surface area contributed by atoms with Crippen LogP contribution in [0.1, 0.15) is 0 Å². The minimum absolute atomic E-state index is 0.809. The topological polar surface area (TPSA) is 49.8 Å². The van der Waals surface area contributed by atoms with Crippen LogP contribution in [-0.4, -0.2) is 17.0 Å². The SMILES string of the molecule is CNc1ncc(-c2ccccc2)c2cc(Nc3ccccc3)ncc12. The second kappa shape index (κ2) is 6.61. The molecule has 2 aromatic heterocycles. The van der Waals surface area contributed by atoms with E-state index in [1.165, 1.54) is 0 Å². The van der Waals surface area contributed by atoms with Crippen LogP contribution in [0.25, 0.3) is 21.9 Å². The number of anilines is 3. The first-order chi connectivity index (χ1) is 12.3. The standard InChI is InChI=1S/C21H18N4/c1-22-21-19-14-23-20(25-16-10-6-3-7-11-16)12-17(19)18(13-24-21)15-8-4-2-5-9-15/h2-14H,1H3,(H,22,24)(H,23,25). The lowest BCUT2D eigenvalue weighted by atomic mass is 10.0. The largest absolute Gasteiger partial charge is 0.373 e. The summed E-state index contributed by atoms with van der Waals surface area (Å²) in [5.74, 6) is 1.64. The van der Waals surface area contributed by atoms with E-state index in [4.69, 9.17) is 0 Å². The Morgan fingerprint density at radius 3 is 2.20 bits per heavy atom. The van der Waals surface area contributed by atoms with E-state index in [-0.39, 0.29) is 0 Å². The number of nitrogens with zero attached hydrogens (tertiary/aromatic N) is 2. The number of para-hydroxylation sites is 1. The van der Waals surface area contributed by atoms with Gasteiger partial charge in [0.2, 0.25) is 0 Å². The Balaban J connectivity index is 1.86. The number of nitrogens with one attached hydrogen (secondary N) is 2. The lowest BCUT2D eigenvalue weighted by molar-refractivity contribution is 1.29. The fourth-order valence-corrected chi connectivity index (χ4v) is 2.92. The van der Waals surface area contributed by atoms with Gasteiger partial charge in [0, 0.05) is 36.1 Å². The van der Waals surface area contributed by atoms with Gasteiger partial charge in [-0.1, -0.05) is 48.5 Å². The van der Waals surface area contributed by atoms with Gasteiger partial charge in [-0.2, -0.15) is 0 Å². The minimum atomic E-state index is 0.809. The summed E-state index contributed by atoms with van der Waals surface area (Å²) in [6, 6.07) is 22.4. The maximum Gasteiger partial charge on any atom is 0.135 e. The normalized spacial score (nSPS) is 10.6. The van der Waals surface area contributed by atoms with E-state index in [1.54, 1.807) is 0 Å². The Bertz CT molecular complexity index is 998. The monoisotopic (exact) mass is 326 g/mol. The summed E-state index contributed by atoms with van der Waals surface area (Å²) in [4.78, 5) is 9.10. The lowest BCUT2D eigenvalue weighted by Gasteiger charge is -2.12. The summed E-state index contributed by atoms with van der Waals surface area (Å²) in [6.07, 6.45) is 3.78. The van der Waals surface area contributed by atoms with Crippen molar-refractivity contribution in [2.24, 2.45) is 0 Å². The Morgan fingerprint density at radius 2 is 1.48 bits per heavy atom. The zero-order valence-electron chi connectivity index (χ0n) is 13.9. The second-order valence-corrected chi connectivity index (χ2v) is 5.74. The van der Waals surface area contributed by atoms with Crippen LogP contribution < -0.4 is 10.6 Å². The highest BCUT2D eigenvalue weighted by Crippen LogP contribution is 2.32. The number of rotatable bonds is 4. The van der Waals surface area contributed by atoms with E-state index in [2.05, 4.69) is 38.8 Å². The first-order valence-electron chi connectivity index (χ1n) is 8.19. The molecule has 0 aliphatic carbocycles. The predicted octanol–water partition coefficient (Wildman–Crippen LogP) is 5.08. The van der Waals surface area contributed by atoms with Crippen LogP contribution in [0.2, 0.25) is 0 Å². The summed E-state index contributed by atoms with van der Waals surface area (Å²) in [5, 5.41) is 8.62. The molecule has 0 saturated heterocycles. The molecule has 0 amide bonds. The molecule has 0 atom stereocenters. The number of aromatic nitrogens is 2. The van der Waals surface area contributed by atoms with Gasteiger partial charge in [0.25, 0.3) is 0 Å². The third kappa shape index (κ3) is 3.02. The first-order valence-corrected chi connectivity index (χ1v) is 8.19. The highest BCUT2D eigenvalue weighted by Gasteiger charge is 2.10. The lowest BCUT2D eigenvalue weighted by Crippen LogP contribution is -1.98. The molecule has 0 aliphatic heterocycles. The summed E-state index contributed by atoms with van der Waals surface area (Å²) in [6.45, 7) is 0. The van der Waals surface area contributed by atoms with Crippen molar-refractivity contribution in [2.45, 2.75) is 0 Å². The molecule has 4 heteroatoms. The van der Waals surface area contributed by atoms with Gasteiger partial charge in [0.1, 0.15) is 11.6 Å². The Hall–Kier alpha value is -3.40. The van der Waals surface area contributed by atoms with E-state index < -0.39 is 0 Å². The van der Waals surface area contributed by atoms with Crippen molar-refractivity contribution >= 4 is 28.1 Å². The maximum atomic E-state index is 4.55. The van der Waals surface area contributed by atoms with Gasteiger partial charge in [-0.3, -0.25) is 0 Å². The molecule has 4 rings (SSSR count). The molecule has 0 aliphatic rings. The highest BCUT2D eigenvalue weighted by molar-refractivity contribution is 6.02. The van der Waals surface area contributed by atoms with Gasteiger partial charge in [0.05, 0.1) is 0 Å². The van der Waals surface area contributed by atoms with E-state index in [9.17, 15) is 0 Å². The average molecular weight is 326 g/mol. The van der Waals surface area contributed by atoms with Crippen molar-refractivity contribution in [3.63, 3.8) is 0 Å².